The molecule has 3 heterocycles. The lowest BCUT2D eigenvalue weighted by atomic mass is 10.1. The molecule has 4 rings (SSSR count). The Labute approximate surface area is 187 Å². The Bertz CT molecular complexity index is 1290. The lowest BCUT2D eigenvalue weighted by Crippen LogP contribution is -2.22. The van der Waals surface area contributed by atoms with E-state index in [9.17, 15) is 18.0 Å². The van der Waals surface area contributed by atoms with E-state index < -0.39 is 23.6 Å². The minimum Gasteiger partial charge on any atom is -0.463 e. The molecule has 0 atom stereocenters. The summed E-state index contributed by atoms with van der Waals surface area (Å²) in [5.41, 5.74) is 1.12. The fourth-order valence-corrected chi connectivity index (χ4v) is 3.47. The van der Waals surface area contributed by atoms with Gasteiger partial charge in [0.15, 0.2) is 11.5 Å². The van der Waals surface area contributed by atoms with Crippen molar-refractivity contribution < 1.29 is 22.4 Å². The zero-order valence-corrected chi connectivity index (χ0v) is 18.1. The first-order valence-corrected chi connectivity index (χ1v) is 10.3. The maximum atomic E-state index is 13.7. The highest BCUT2D eigenvalue weighted by molar-refractivity contribution is 6.02. The number of benzene rings is 1. The summed E-state index contributed by atoms with van der Waals surface area (Å²) in [5, 5.41) is 6.44. The highest BCUT2D eigenvalue weighted by Crippen LogP contribution is 2.32. The van der Waals surface area contributed by atoms with E-state index in [1.807, 2.05) is 32.9 Å². The van der Waals surface area contributed by atoms with E-state index in [0.29, 0.717) is 10.2 Å². The van der Waals surface area contributed by atoms with Crippen LogP contribution >= 0.6 is 0 Å². The summed E-state index contributed by atoms with van der Waals surface area (Å²) in [7, 11) is 0. The van der Waals surface area contributed by atoms with Gasteiger partial charge in [0.2, 0.25) is 5.82 Å². The van der Waals surface area contributed by atoms with Gasteiger partial charge in [-0.3, -0.25) is 4.79 Å². The smallest absolute Gasteiger partial charge is 0.433 e. The van der Waals surface area contributed by atoms with E-state index in [1.54, 1.807) is 6.07 Å². The Balaban J connectivity index is 1.68. The zero-order valence-electron chi connectivity index (χ0n) is 18.1. The van der Waals surface area contributed by atoms with Crippen molar-refractivity contribution in [2.45, 2.75) is 26.9 Å². The van der Waals surface area contributed by atoms with Crippen LogP contribution < -0.4 is 10.2 Å². The first-order chi connectivity index (χ1) is 15.7. The van der Waals surface area contributed by atoms with Crippen LogP contribution in [0.4, 0.5) is 24.5 Å². The second kappa shape index (κ2) is 8.57. The van der Waals surface area contributed by atoms with Gasteiger partial charge in [-0.1, -0.05) is 0 Å². The molecule has 0 aliphatic rings. The molecule has 0 saturated carbocycles. The maximum absolute atomic E-state index is 13.7. The van der Waals surface area contributed by atoms with Crippen LogP contribution in [0.5, 0.6) is 0 Å². The predicted octanol–water partition coefficient (Wildman–Crippen LogP) is 4.81. The average Bonchev–Trinajstić information content (AvgIpc) is 3.45. The Kier molecular flexibility index (Phi) is 5.79. The van der Waals surface area contributed by atoms with Crippen LogP contribution in [0.15, 0.2) is 47.1 Å². The topological polar surface area (TPSA) is 88.6 Å². The zero-order chi connectivity index (χ0) is 23.8. The van der Waals surface area contributed by atoms with Crippen LogP contribution in [-0.2, 0) is 6.18 Å². The van der Waals surface area contributed by atoms with E-state index in [2.05, 4.69) is 25.3 Å². The highest BCUT2D eigenvalue weighted by Gasteiger charge is 2.36. The van der Waals surface area contributed by atoms with Gasteiger partial charge in [0.1, 0.15) is 5.69 Å². The number of carbonyl (C=O) groups is 1. The van der Waals surface area contributed by atoms with Crippen LogP contribution in [0.2, 0.25) is 0 Å². The third-order valence-electron chi connectivity index (χ3n) is 5.17. The minimum absolute atomic E-state index is 0.0676. The number of furan rings is 1. The molecule has 11 heteroatoms. The minimum atomic E-state index is -4.75. The quantitative estimate of drug-likeness (QED) is 0.446. The fourth-order valence-electron chi connectivity index (χ4n) is 3.47. The lowest BCUT2D eigenvalue weighted by Gasteiger charge is -2.22. The van der Waals surface area contributed by atoms with Crippen molar-refractivity contribution >= 4 is 23.1 Å². The Morgan fingerprint density at radius 3 is 2.52 bits per heavy atom. The van der Waals surface area contributed by atoms with Gasteiger partial charge in [0.05, 0.1) is 6.26 Å². The van der Waals surface area contributed by atoms with Gasteiger partial charge in [-0.25, -0.2) is 4.98 Å². The molecule has 0 unspecified atom stereocenters. The Morgan fingerprint density at radius 1 is 1.15 bits per heavy atom. The normalized spacial score (nSPS) is 11.7. The van der Waals surface area contributed by atoms with Crippen LogP contribution in [0.3, 0.4) is 0 Å². The van der Waals surface area contributed by atoms with Gasteiger partial charge >= 0.3 is 6.18 Å². The number of rotatable bonds is 6. The van der Waals surface area contributed by atoms with Crippen molar-refractivity contribution in [2.75, 3.05) is 23.3 Å². The van der Waals surface area contributed by atoms with Crippen LogP contribution in [0.1, 0.15) is 35.7 Å². The summed E-state index contributed by atoms with van der Waals surface area (Å²) in [5.74, 6) is -1.40. The van der Waals surface area contributed by atoms with Gasteiger partial charge in [-0.15, -0.1) is 5.10 Å². The SMILES string of the molecule is CCN(CC)c1ccc(NC(=O)c2nc3nc(-c4ccco4)cc(C(F)(F)F)n3n2)c(C)c1. The number of halogens is 3. The van der Waals surface area contributed by atoms with Crippen molar-refractivity contribution in [3.05, 3.63) is 59.7 Å². The van der Waals surface area contributed by atoms with E-state index in [0.717, 1.165) is 30.4 Å². The predicted molar refractivity (Wildman–Crippen MR) is 116 cm³/mol. The van der Waals surface area contributed by atoms with Crippen LogP contribution in [0, 0.1) is 6.92 Å². The first kappa shape index (κ1) is 22.3. The monoisotopic (exact) mass is 458 g/mol. The van der Waals surface area contributed by atoms with Crippen molar-refractivity contribution in [2.24, 2.45) is 0 Å². The number of nitrogens with zero attached hydrogens (tertiary/aromatic N) is 5. The number of aryl methyl sites for hydroxylation is 1. The van der Waals surface area contributed by atoms with Crippen molar-refractivity contribution in [1.82, 2.24) is 19.6 Å². The van der Waals surface area contributed by atoms with Gasteiger partial charge in [-0.2, -0.15) is 22.7 Å². The number of alkyl halides is 3. The third-order valence-corrected chi connectivity index (χ3v) is 5.17. The highest BCUT2D eigenvalue weighted by atomic mass is 19.4. The standard InChI is InChI=1S/C22H21F3N6O2/c1-4-30(5-2)14-8-9-15(13(3)11-14)26-20(32)19-28-21-27-16(17-7-6-10-33-17)12-18(22(23,24)25)31(21)29-19/h6-12H,4-5H2,1-3H3,(H,26,32). The van der Waals surface area contributed by atoms with Crippen molar-refractivity contribution in [3.8, 4) is 11.5 Å². The lowest BCUT2D eigenvalue weighted by molar-refractivity contribution is -0.142. The molecule has 0 radical (unpaired) electrons. The van der Waals surface area contributed by atoms with Gasteiger partial charge in [-0.05, 0) is 62.7 Å². The molecule has 1 amide bonds. The number of fused-ring (bicyclic) bond motifs is 1. The largest absolute Gasteiger partial charge is 0.463 e. The molecule has 1 aromatic carbocycles. The summed E-state index contributed by atoms with van der Waals surface area (Å²) in [6.07, 6.45) is -3.42. The van der Waals surface area contributed by atoms with E-state index in [4.69, 9.17) is 4.42 Å². The number of aromatic nitrogens is 4. The molecule has 0 aliphatic carbocycles. The molecule has 3 aromatic heterocycles. The van der Waals surface area contributed by atoms with E-state index in [-0.39, 0.29) is 17.2 Å². The molecular formula is C22H21F3N6O2. The second-order valence-electron chi connectivity index (χ2n) is 7.27. The second-order valence-corrected chi connectivity index (χ2v) is 7.27. The first-order valence-electron chi connectivity index (χ1n) is 10.3. The Hall–Kier alpha value is -3.89. The van der Waals surface area contributed by atoms with E-state index >= 15 is 0 Å². The molecule has 0 aliphatic heterocycles. The summed E-state index contributed by atoms with van der Waals surface area (Å²) in [6.45, 7) is 7.59. The summed E-state index contributed by atoms with van der Waals surface area (Å²) in [4.78, 5) is 22.9. The van der Waals surface area contributed by atoms with Gasteiger partial charge < -0.3 is 14.6 Å². The molecule has 4 aromatic rings. The molecule has 0 saturated heterocycles. The van der Waals surface area contributed by atoms with Crippen LogP contribution in [0.25, 0.3) is 17.2 Å². The molecule has 1 N–H and O–H groups in total. The third kappa shape index (κ3) is 4.38. The molecule has 33 heavy (non-hydrogen) atoms. The average molecular weight is 458 g/mol. The maximum Gasteiger partial charge on any atom is 0.433 e. The number of nitrogens with one attached hydrogen (secondary N) is 1. The molecule has 172 valence electrons. The number of hydrogen-bond donors (Lipinski definition) is 1. The number of amides is 1. The molecule has 0 bridgehead atoms. The fraction of sp³-hybridized carbons (Fsp3) is 0.273. The van der Waals surface area contributed by atoms with Gasteiger partial charge in [0, 0.05) is 24.5 Å². The van der Waals surface area contributed by atoms with E-state index in [1.165, 1.54) is 18.4 Å². The Morgan fingerprint density at radius 2 is 1.91 bits per heavy atom. The van der Waals surface area contributed by atoms with Gasteiger partial charge in [0.25, 0.3) is 11.7 Å². The number of carbonyl (C=O) groups excluding carboxylic acids is 1. The van der Waals surface area contributed by atoms with Crippen molar-refractivity contribution in [3.63, 3.8) is 0 Å². The number of anilines is 2. The molecule has 8 nitrogen and oxygen atoms in total. The summed E-state index contributed by atoms with van der Waals surface area (Å²) in [6, 6.07) is 9.35. The van der Waals surface area contributed by atoms with Crippen LogP contribution in [-0.4, -0.2) is 38.6 Å². The molecule has 0 fully saturated rings. The number of hydrogen-bond acceptors (Lipinski definition) is 6. The molecular weight excluding hydrogens is 437 g/mol. The summed E-state index contributed by atoms with van der Waals surface area (Å²) >= 11 is 0. The summed E-state index contributed by atoms with van der Waals surface area (Å²) < 4.78 is 46.6. The van der Waals surface area contributed by atoms with Crippen molar-refractivity contribution in [1.29, 1.82) is 0 Å². The molecule has 0 spiro atoms.